The second-order valence-corrected chi connectivity index (χ2v) is 9.58. The molecule has 1 aliphatic rings. The number of carbonyl (C=O) groups excluding carboxylic acids is 2. The fourth-order valence-electron chi connectivity index (χ4n) is 3.51. The van der Waals surface area contributed by atoms with E-state index in [9.17, 15) is 14.7 Å². The molecule has 0 radical (unpaired) electrons. The van der Waals surface area contributed by atoms with Crippen LogP contribution in [0.5, 0.6) is 5.75 Å². The lowest BCUT2D eigenvalue weighted by atomic mass is 9.82. The van der Waals surface area contributed by atoms with Gasteiger partial charge in [0, 0.05) is 17.1 Å². The molecule has 1 aromatic rings. The summed E-state index contributed by atoms with van der Waals surface area (Å²) in [5, 5.41) is 18.6. The maximum absolute atomic E-state index is 12.4. The van der Waals surface area contributed by atoms with E-state index in [0.29, 0.717) is 5.69 Å². The fraction of sp³-hybridized carbons (Fsp3) is 0.600. The third kappa shape index (κ3) is 6.31. The Morgan fingerprint density at radius 1 is 1.15 bits per heavy atom. The first-order chi connectivity index (χ1) is 12.4. The molecule has 1 saturated carbocycles. The van der Waals surface area contributed by atoms with Crippen LogP contribution in [-0.2, 0) is 4.79 Å². The highest BCUT2D eigenvalue weighted by atomic mass is 35.5. The Bertz CT molecular complexity index is 722. The first-order valence-electron chi connectivity index (χ1n) is 9.29. The van der Waals surface area contributed by atoms with Gasteiger partial charge >= 0.3 is 6.03 Å². The number of amides is 3. The maximum Gasteiger partial charge on any atom is 0.319 e. The van der Waals surface area contributed by atoms with Crippen LogP contribution in [0.2, 0.25) is 5.02 Å². The first kappa shape index (κ1) is 21.4. The van der Waals surface area contributed by atoms with Crippen LogP contribution in [-0.4, -0.2) is 22.6 Å². The van der Waals surface area contributed by atoms with E-state index in [1.54, 1.807) is 0 Å². The van der Waals surface area contributed by atoms with Crippen LogP contribution in [0.4, 0.5) is 16.2 Å². The van der Waals surface area contributed by atoms with Crippen LogP contribution in [0, 0.1) is 11.3 Å². The molecule has 0 saturated heterocycles. The number of phenolic OH excluding ortho intramolecular Hbond substituents is 1. The summed E-state index contributed by atoms with van der Waals surface area (Å²) >= 11 is 6.06. The molecule has 150 valence electrons. The van der Waals surface area contributed by atoms with Crippen molar-refractivity contribution in [2.75, 3.05) is 10.6 Å². The summed E-state index contributed by atoms with van der Waals surface area (Å²) in [6.45, 7) is 10.3. The number of urea groups is 1. The van der Waals surface area contributed by atoms with Gasteiger partial charge in [0.25, 0.3) is 0 Å². The Kier molecular flexibility index (Phi) is 6.30. The molecule has 0 heterocycles. The van der Waals surface area contributed by atoms with E-state index in [1.165, 1.54) is 12.1 Å². The molecule has 0 aromatic heterocycles. The second kappa shape index (κ2) is 7.97. The van der Waals surface area contributed by atoms with Crippen molar-refractivity contribution in [1.29, 1.82) is 0 Å². The van der Waals surface area contributed by atoms with Gasteiger partial charge in [-0.05, 0) is 50.7 Å². The van der Waals surface area contributed by atoms with Gasteiger partial charge in [0.05, 0.1) is 10.7 Å². The Balaban J connectivity index is 2.07. The van der Waals surface area contributed by atoms with E-state index < -0.39 is 5.54 Å². The van der Waals surface area contributed by atoms with Crippen molar-refractivity contribution in [3.8, 4) is 5.75 Å². The highest BCUT2D eigenvalue weighted by molar-refractivity contribution is 6.33. The fourth-order valence-corrected chi connectivity index (χ4v) is 3.73. The van der Waals surface area contributed by atoms with Crippen LogP contribution >= 0.6 is 11.6 Å². The molecule has 1 fully saturated rings. The Morgan fingerprint density at radius 3 is 2.30 bits per heavy atom. The van der Waals surface area contributed by atoms with E-state index in [2.05, 4.69) is 36.7 Å². The number of benzene rings is 1. The van der Waals surface area contributed by atoms with Gasteiger partial charge in [-0.15, -0.1) is 0 Å². The zero-order valence-corrected chi connectivity index (χ0v) is 17.5. The van der Waals surface area contributed by atoms with Crippen molar-refractivity contribution in [2.45, 2.75) is 65.8 Å². The molecule has 3 amide bonds. The number of anilines is 2. The lowest BCUT2D eigenvalue weighted by molar-refractivity contribution is -0.122. The SMILES string of the molecule is CC(C)(C)CC(C)(C)NC(=O)Nc1cc(Cl)c(O)c(NC(=O)C2CCC2)c1. The van der Waals surface area contributed by atoms with E-state index >= 15 is 0 Å². The normalized spacial score (nSPS) is 15.0. The van der Waals surface area contributed by atoms with Crippen LogP contribution in [0.1, 0.15) is 60.3 Å². The monoisotopic (exact) mass is 395 g/mol. The summed E-state index contributed by atoms with van der Waals surface area (Å²) in [6.07, 6.45) is 3.54. The van der Waals surface area contributed by atoms with Gasteiger partial charge in [-0.2, -0.15) is 0 Å². The average molecular weight is 396 g/mol. The summed E-state index contributed by atoms with van der Waals surface area (Å²) < 4.78 is 0. The lowest BCUT2D eigenvalue weighted by Crippen LogP contribution is -2.47. The third-order valence-corrected chi connectivity index (χ3v) is 4.77. The molecule has 0 bridgehead atoms. The van der Waals surface area contributed by atoms with Gasteiger partial charge in [0.15, 0.2) is 5.75 Å². The number of halogens is 1. The molecule has 4 N–H and O–H groups in total. The summed E-state index contributed by atoms with van der Waals surface area (Å²) in [4.78, 5) is 24.5. The van der Waals surface area contributed by atoms with Crippen molar-refractivity contribution in [2.24, 2.45) is 11.3 Å². The number of hydrogen-bond acceptors (Lipinski definition) is 3. The quantitative estimate of drug-likeness (QED) is 0.412. The van der Waals surface area contributed by atoms with Crippen molar-refractivity contribution >= 4 is 34.9 Å². The van der Waals surface area contributed by atoms with Crippen molar-refractivity contribution in [3.63, 3.8) is 0 Å². The number of aromatic hydroxyl groups is 1. The topological polar surface area (TPSA) is 90.5 Å². The standard InChI is InChI=1S/C20H30ClN3O3/c1-19(2,3)11-20(4,5)24-18(27)22-13-9-14(21)16(25)15(10-13)23-17(26)12-7-6-8-12/h9-10,12,25H,6-8,11H2,1-5H3,(H,23,26)(H2,22,24,27). The van der Waals surface area contributed by atoms with Gasteiger partial charge in [-0.1, -0.05) is 38.8 Å². The molecule has 6 nitrogen and oxygen atoms in total. The van der Waals surface area contributed by atoms with Gasteiger partial charge in [-0.3, -0.25) is 4.79 Å². The van der Waals surface area contributed by atoms with Crippen LogP contribution in [0.3, 0.4) is 0 Å². The number of hydrogen-bond donors (Lipinski definition) is 4. The highest BCUT2D eigenvalue weighted by Gasteiger charge is 2.28. The van der Waals surface area contributed by atoms with E-state index in [0.717, 1.165) is 25.7 Å². The number of carbonyl (C=O) groups is 2. The predicted octanol–water partition coefficient (Wildman–Crippen LogP) is 5.12. The number of rotatable bonds is 5. The zero-order chi connectivity index (χ0) is 20.4. The Labute approximate surface area is 166 Å². The van der Waals surface area contributed by atoms with Gasteiger partial charge in [0.1, 0.15) is 0 Å². The molecule has 0 unspecified atom stereocenters. The van der Waals surface area contributed by atoms with Crippen LogP contribution in [0.15, 0.2) is 12.1 Å². The van der Waals surface area contributed by atoms with Gasteiger partial charge in [-0.25, -0.2) is 4.79 Å². The second-order valence-electron chi connectivity index (χ2n) is 9.17. The minimum absolute atomic E-state index is 0.0266. The van der Waals surface area contributed by atoms with E-state index in [4.69, 9.17) is 11.6 Å². The summed E-state index contributed by atoms with van der Waals surface area (Å²) in [7, 11) is 0. The van der Waals surface area contributed by atoms with E-state index in [-0.39, 0.29) is 39.7 Å². The highest BCUT2D eigenvalue weighted by Crippen LogP contribution is 2.37. The lowest BCUT2D eigenvalue weighted by Gasteiger charge is -2.33. The van der Waals surface area contributed by atoms with Crippen molar-refractivity contribution < 1.29 is 14.7 Å². The van der Waals surface area contributed by atoms with Gasteiger partial charge < -0.3 is 21.1 Å². The van der Waals surface area contributed by atoms with E-state index in [1.807, 2.05) is 13.8 Å². The molecule has 1 aromatic carbocycles. The molecule has 0 spiro atoms. The van der Waals surface area contributed by atoms with Crippen molar-refractivity contribution in [3.05, 3.63) is 17.2 Å². The molecule has 7 heteroatoms. The minimum atomic E-state index is -0.398. The average Bonchev–Trinajstić information content (AvgIpc) is 2.38. The Hall–Kier alpha value is -1.95. The molecule has 2 rings (SSSR count). The zero-order valence-electron chi connectivity index (χ0n) is 16.7. The maximum atomic E-state index is 12.4. The number of phenols is 1. The molecule has 27 heavy (non-hydrogen) atoms. The Morgan fingerprint density at radius 2 is 1.78 bits per heavy atom. The van der Waals surface area contributed by atoms with Crippen molar-refractivity contribution in [1.82, 2.24) is 5.32 Å². The molecular weight excluding hydrogens is 366 g/mol. The smallest absolute Gasteiger partial charge is 0.319 e. The predicted molar refractivity (Wildman–Crippen MR) is 109 cm³/mol. The molecule has 0 aliphatic heterocycles. The molecular formula is C20H30ClN3O3. The molecule has 0 atom stereocenters. The summed E-state index contributed by atoms with van der Waals surface area (Å²) in [5.41, 5.74) is 0.261. The van der Waals surface area contributed by atoms with Crippen LogP contribution in [0.25, 0.3) is 0 Å². The summed E-state index contributed by atoms with van der Waals surface area (Å²) in [6, 6.07) is 2.59. The third-order valence-electron chi connectivity index (χ3n) is 4.48. The summed E-state index contributed by atoms with van der Waals surface area (Å²) in [5.74, 6) is -0.370. The molecule has 1 aliphatic carbocycles. The first-order valence-corrected chi connectivity index (χ1v) is 9.67. The van der Waals surface area contributed by atoms with Gasteiger partial charge in [0.2, 0.25) is 5.91 Å². The number of nitrogens with one attached hydrogen (secondary N) is 3. The largest absolute Gasteiger partial charge is 0.504 e. The minimum Gasteiger partial charge on any atom is -0.504 e. The van der Waals surface area contributed by atoms with Crippen LogP contribution < -0.4 is 16.0 Å².